The predicted octanol–water partition coefficient (Wildman–Crippen LogP) is 2.41. The van der Waals surface area contributed by atoms with Gasteiger partial charge in [-0.15, -0.1) is 0 Å². The summed E-state index contributed by atoms with van der Waals surface area (Å²) < 4.78 is 0. The van der Waals surface area contributed by atoms with Gasteiger partial charge in [-0.1, -0.05) is 26.7 Å². The molecule has 1 atom stereocenters. The second-order valence-corrected chi connectivity index (χ2v) is 7.06. The van der Waals surface area contributed by atoms with Crippen LogP contribution in [0.5, 0.6) is 0 Å². The Kier molecular flexibility index (Phi) is 6.78. The van der Waals surface area contributed by atoms with E-state index in [0.29, 0.717) is 11.5 Å². The molecule has 1 aliphatic rings. The van der Waals surface area contributed by atoms with Crippen molar-refractivity contribution >= 4 is 0 Å². The summed E-state index contributed by atoms with van der Waals surface area (Å²) in [4.78, 5) is 4.91. The molecule has 1 unspecified atom stereocenters. The van der Waals surface area contributed by atoms with Crippen molar-refractivity contribution < 1.29 is 0 Å². The van der Waals surface area contributed by atoms with Gasteiger partial charge in [0.2, 0.25) is 0 Å². The van der Waals surface area contributed by atoms with Crippen LogP contribution in [0.2, 0.25) is 0 Å². The van der Waals surface area contributed by atoms with Gasteiger partial charge in [-0.25, -0.2) is 0 Å². The summed E-state index contributed by atoms with van der Waals surface area (Å²) in [6.07, 6.45) is 5.35. The summed E-state index contributed by atoms with van der Waals surface area (Å²) in [5.41, 5.74) is 6.53. The monoisotopic (exact) mass is 269 g/mol. The van der Waals surface area contributed by atoms with E-state index in [2.05, 4.69) is 44.7 Å². The minimum Gasteiger partial charge on any atom is -0.330 e. The van der Waals surface area contributed by atoms with Crippen LogP contribution in [0.3, 0.4) is 0 Å². The fourth-order valence-corrected chi connectivity index (χ4v) is 3.46. The van der Waals surface area contributed by atoms with E-state index in [1.807, 2.05) is 0 Å². The Hall–Kier alpha value is -0.120. The lowest BCUT2D eigenvalue weighted by atomic mass is 9.70. The first-order chi connectivity index (χ1) is 8.92. The minimum absolute atomic E-state index is 0.378. The van der Waals surface area contributed by atoms with E-state index in [1.165, 1.54) is 32.2 Å². The Bertz CT molecular complexity index is 244. The maximum atomic E-state index is 6.15. The van der Waals surface area contributed by atoms with Gasteiger partial charge in [0.25, 0.3) is 0 Å². The molecule has 0 aromatic heterocycles. The van der Waals surface area contributed by atoms with E-state index in [-0.39, 0.29) is 0 Å². The zero-order chi connectivity index (χ0) is 14.5. The van der Waals surface area contributed by atoms with Crippen molar-refractivity contribution in [1.29, 1.82) is 0 Å². The zero-order valence-corrected chi connectivity index (χ0v) is 13.8. The summed E-state index contributed by atoms with van der Waals surface area (Å²) in [6.45, 7) is 11.3. The molecule has 1 rings (SSSR count). The first-order valence-corrected chi connectivity index (χ1v) is 8.01. The molecular weight excluding hydrogens is 234 g/mol. The fourth-order valence-electron chi connectivity index (χ4n) is 3.46. The van der Waals surface area contributed by atoms with Crippen LogP contribution in [0.1, 0.15) is 46.5 Å². The third-order valence-electron chi connectivity index (χ3n) is 4.97. The molecular formula is C16H35N3. The number of rotatable bonds is 7. The molecule has 19 heavy (non-hydrogen) atoms. The van der Waals surface area contributed by atoms with Gasteiger partial charge in [0.15, 0.2) is 0 Å². The van der Waals surface area contributed by atoms with Crippen LogP contribution in [0.25, 0.3) is 0 Å². The van der Waals surface area contributed by atoms with Crippen LogP contribution in [0.4, 0.5) is 0 Å². The number of hydrogen-bond acceptors (Lipinski definition) is 3. The van der Waals surface area contributed by atoms with Crippen LogP contribution < -0.4 is 5.73 Å². The average Bonchev–Trinajstić information content (AvgIpc) is 2.37. The second kappa shape index (κ2) is 7.61. The van der Waals surface area contributed by atoms with Crippen molar-refractivity contribution in [2.24, 2.45) is 17.1 Å². The predicted molar refractivity (Wildman–Crippen MR) is 84.4 cm³/mol. The Morgan fingerprint density at radius 3 is 2.26 bits per heavy atom. The van der Waals surface area contributed by atoms with Gasteiger partial charge in [0.05, 0.1) is 0 Å². The largest absolute Gasteiger partial charge is 0.330 e. The Labute approximate surface area is 120 Å². The van der Waals surface area contributed by atoms with Crippen molar-refractivity contribution in [3.8, 4) is 0 Å². The fraction of sp³-hybridized carbons (Fsp3) is 1.00. The second-order valence-electron chi connectivity index (χ2n) is 7.06. The first kappa shape index (κ1) is 16.9. The molecule has 1 saturated carbocycles. The zero-order valence-electron chi connectivity index (χ0n) is 13.8. The summed E-state index contributed by atoms with van der Waals surface area (Å²) in [5.74, 6) is 0.897. The highest BCUT2D eigenvalue weighted by Gasteiger charge is 2.35. The molecule has 0 bridgehead atoms. The van der Waals surface area contributed by atoms with Crippen molar-refractivity contribution in [1.82, 2.24) is 9.80 Å². The SMILES string of the molecule is CCN(CC1(CN)CCC(C)CC1)C(C)CN(C)C. The van der Waals surface area contributed by atoms with Crippen molar-refractivity contribution in [3.05, 3.63) is 0 Å². The molecule has 0 radical (unpaired) electrons. The first-order valence-electron chi connectivity index (χ1n) is 8.01. The molecule has 0 spiro atoms. The van der Waals surface area contributed by atoms with E-state index in [0.717, 1.165) is 25.6 Å². The van der Waals surface area contributed by atoms with Crippen LogP contribution >= 0.6 is 0 Å². The normalized spacial score (nSPS) is 30.0. The van der Waals surface area contributed by atoms with E-state index < -0.39 is 0 Å². The van der Waals surface area contributed by atoms with Crippen molar-refractivity contribution in [2.45, 2.75) is 52.5 Å². The van der Waals surface area contributed by atoms with Crippen molar-refractivity contribution in [2.75, 3.05) is 40.3 Å². The maximum absolute atomic E-state index is 6.15. The van der Waals surface area contributed by atoms with E-state index in [4.69, 9.17) is 5.73 Å². The quantitative estimate of drug-likeness (QED) is 0.770. The number of nitrogens with two attached hydrogens (primary N) is 1. The molecule has 3 heteroatoms. The van der Waals surface area contributed by atoms with Gasteiger partial charge < -0.3 is 10.6 Å². The van der Waals surface area contributed by atoms with Gasteiger partial charge in [0, 0.05) is 19.1 Å². The van der Waals surface area contributed by atoms with Gasteiger partial charge in [0.1, 0.15) is 0 Å². The molecule has 2 N–H and O–H groups in total. The number of nitrogens with zero attached hydrogens (tertiary/aromatic N) is 2. The lowest BCUT2D eigenvalue weighted by molar-refractivity contribution is 0.0692. The summed E-state index contributed by atoms with van der Waals surface area (Å²) in [5, 5.41) is 0. The minimum atomic E-state index is 0.378. The molecule has 0 amide bonds. The third-order valence-corrected chi connectivity index (χ3v) is 4.97. The maximum Gasteiger partial charge on any atom is 0.0194 e. The van der Waals surface area contributed by atoms with Crippen LogP contribution in [-0.2, 0) is 0 Å². The van der Waals surface area contributed by atoms with Crippen LogP contribution in [-0.4, -0.2) is 56.1 Å². The van der Waals surface area contributed by atoms with Gasteiger partial charge in [-0.2, -0.15) is 0 Å². The number of likely N-dealkylation sites (N-methyl/N-ethyl adjacent to an activating group) is 2. The molecule has 1 fully saturated rings. The summed E-state index contributed by atoms with van der Waals surface area (Å²) >= 11 is 0. The Morgan fingerprint density at radius 2 is 1.84 bits per heavy atom. The lowest BCUT2D eigenvalue weighted by Crippen LogP contribution is -2.49. The highest BCUT2D eigenvalue weighted by molar-refractivity contribution is 4.89. The molecule has 0 aromatic carbocycles. The smallest absolute Gasteiger partial charge is 0.0194 e. The average molecular weight is 269 g/mol. The third kappa shape index (κ3) is 5.05. The van der Waals surface area contributed by atoms with Gasteiger partial charge >= 0.3 is 0 Å². The Morgan fingerprint density at radius 1 is 1.26 bits per heavy atom. The standard InChI is InChI=1S/C16H35N3/c1-6-19(15(3)11-18(4)5)13-16(12-17)9-7-14(2)8-10-16/h14-15H,6-13,17H2,1-5H3. The number of hydrogen-bond donors (Lipinski definition) is 1. The summed E-state index contributed by atoms with van der Waals surface area (Å²) in [7, 11) is 4.32. The van der Waals surface area contributed by atoms with Crippen LogP contribution in [0, 0.1) is 11.3 Å². The van der Waals surface area contributed by atoms with E-state index in [9.17, 15) is 0 Å². The molecule has 3 nitrogen and oxygen atoms in total. The molecule has 0 aromatic rings. The highest BCUT2D eigenvalue weighted by Crippen LogP contribution is 2.39. The molecule has 0 saturated heterocycles. The molecule has 0 aliphatic heterocycles. The highest BCUT2D eigenvalue weighted by atomic mass is 15.2. The molecule has 0 heterocycles. The van der Waals surface area contributed by atoms with Crippen LogP contribution in [0.15, 0.2) is 0 Å². The van der Waals surface area contributed by atoms with Gasteiger partial charge in [-0.3, -0.25) is 4.90 Å². The van der Waals surface area contributed by atoms with Crippen molar-refractivity contribution in [3.63, 3.8) is 0 Å². The van der Waals surface area contributed by atoms with Gasteiger partial charge in [-0.05, 0) is 58.3 Å². The lowest BCUT2D eigenvalue weighted by Gasteiger charge is -2.44. The van der Waals surface area contributed by atoms with E-state index >= 15 is 0 Å². The van der Waals surface area contributed by atoms with E-state index in [1.54, 1.807) is 0 Å². The molecule has 114 valence electrons. The molecule has 1 aliphatic carbocycles. The summed E-state index contributed by atoms with van der Waals surface area (Å²) in [6, 6.07) is 0.614. The topological polar surface area (TPSA) is 32.5 Å². The Balaban J connectivity index is 2.61.